The number of allylic oxidation sites excluding steroid dienone is 1. The van der Waals surface area contributed by atoms with Gasteiger partial charge in [0.05, 0.1) is 4.92 Å². The Hall–Kier alpha value is -2.50. The average Bonchev–Trinajstić information content (AvgIpc) is 2.25. The number of hydrogen-bond donors (Lipinski definition) is 1. The molecular formula is C10H8N2O4. The largest absolute Gasteiger partial charge is 0.366 e. The molecule has 0 radical (unpaired) electrons. The highest BCUT2D eigenvalue weighted by Gasteiger charge is 2.11. The van der Waals surface area contributed by atoms with Gasteiger partial charge in [-0.3, -0.25) is 19.7 Å². The van der Waals surface area contributed by atoms with E-state index in [1.807, 2.05) is 0 Å². The predicted molar refractivity (Wildman–Crippen MR) is 56.7 cm³/mol. The Labute approximate surface area is 90.5 Å². The molecule has 0 heterocycles. The molecule has 6 heteroatoms. The summed E-state index contributed by atoms with van der Waals surface area (Å²) >= 11 is 0. The Kier molecular flexibility index (Phi) is 3.49. The van der Waals surface area contributed by atoms with Crippen LogP contribution in [-0.2, 0) is 4.79 Å². The van der Waals surface area contributed by atoms with E-state index in [1.54, 1.807) is 0 Å². The first-order valence-corrected chi connectivity index (χ1v) is 4.25. The number of carbonyl (C=O) groups is 2. The van der Waals surface area contributed by atoms with Crippen molar-refractivity contribution in [3.05, 3.63) is 45.5 Å². The summed E-state index contributed by atoms with van der Waals surface area (Å²) in [6.45, 7) is 0. The normalized spacial score (nSPS) is 10.2. The van der Waals surface area contributed by atoms with Gasteiger partial charge in [-0.25, -0.2) is 0 Å². The van der Waals surface area contributed by atoms with Crippen molar-refractivity contribution in [3.8, 4) is 0 Å². The van der Waals surface area contributed by atoms with Gasteiger partial charge in [-0.1, -0.05) is 6.08 Å². The molecule has 0 fully saturated rings. The quantitative estimate of drug-likeness (QED) is 0.352. The van der Waals surface area contributed by atoms with Crippen molar-refractivity contribution >= 4 is 24.0 Å². The van der Waals surface area contributed by atoms with Crippen LogP contribution in [0.2, 0.25) is 0 Å². The summed E-state index contributed by atoms with van der Waals surface area (Å²) < 4.78 is 0. The molecule has 6 nitrogen and oxygen atoms in total. The van der Waals surface area contributed by atoms with Crippen LogP contribution in [0.3, 0.4) is 0 Å². The maximum absolute atomic E-state index is 10.9. The fraction of sp³-hybridized carbons (Fsp3) is 0. The summed E-state index contributed by atoms with van der Waals surface area (Å²) in [5, 5.41) is 10.6. The monoisotopic (exact) mass is 220 g/mol. The second kappa shape index (κ2) is 4.83. The lowest BCUT2D eigenvalue weighted by atomic mass is 10.1. The van der Waals surface area contributed by atoms with Gasteiger partial charge in [-0.2, -0.15) is 0 Å². The lowest BCUT2D eigenvalue weighted by Crippen LogP contribution is -2.11. The van der Waals surface area contributed by atoms with E-state index >= 15 is 0 Å². The molecular weight excluding hydrogens is 212 g/mol. The van der Waals surface area contributed by atoms with Crippen LogP contribution >= 0.6 is 0 Å². The molecule has 0 aromatic heterocycles. The van der Waals surface area contributed by atoms with Gasteiger partial charge in [0.25, 0.3) is 5.69 Å². The highest BCUT2D eigenvalue weighted by molar-refractivity contribution is 5.94. The number of rotatable bonds is 4. The zero-order chi connectivity index (χ0) is 12.1. The molecule has 82 valence electrons. The van der Waals surface area contributed by atoms with E-state index in [0.29, 0.717) is 11.8 Å². The molecule has 1 amide bonds. The van der Waals surface area contributed by atoms with E-state index in [0.717, 1.165) is 6.07 Å². The lowest BCUT2D eigenvalue weighted by molar-refractivity contribution is -0.384. The number of carbonyl (C=O) groups excluding carboxylic acids is 2. The number of aldehydes is 1. The minimum Gasteiger partial charge on any atom is -0.366 e. The van der Waals surface area contributed by atoms with Gasteiger partial charge in [-0.05, 0) is 17.7 Å². The summed E-state index contributed by atoms with van der Waals surface area (Å²) in [7, 11) is 0. The molecule has 0 atom stereocenters. The van der Waals surface area contributed by atoms with Gasteiger partial charge in [0.15, 0.2) is 0 Å². The number of nitro groups is 1. The van der Waals surface area contributed by atoms with Crippen LogP contribution in [0.4, 0.5) is 5.69 Å². The fourth-order valence-electron chi connectivity index (χ4n) is 1.13. The second-order valence-corrected chi connectivity index (χ2v) is 2.93. The topological polar surface area (TPSA) is 103 Å². The minimum absolute atomic E-state index is 0.0275. The van der Waals surface area contributed by atoms with Gasteiger partial charge in [0.1, 0.15) is 6.29 Å². The van der Waals surface area contributed by atoms with E-state index in [9.17, 15) is 19.7 Å². The number of nitrogens with zero attached hydrogens (tertiary/aromatic N) is 1. The molecule has 0 aliphatic rings. The molecule has 1 aromatic carbocycles. The molecule has 0 unspecified atom stereocenters. The maximum atomic E-state index is 10.9. The summed E-state index contributed by atoms with van der Waals surface area (Å²) in [6.07, 6.45) is 3.05. The molecule has 1 rings (SSSR count). The number of primary amides is 1. The van der Waals surface area contributed by atoms with Gasteiger partial charge in [-0.15, -0.1) is 0 Å². The number of amides is 1. The van der Waals surface area contributed by atoms with Gasteiger partial charge < -0.3 is 5.73 Å². The van der Waals surface area contributed by atoms with Crippen LogP contribution in [0.25, 0.3) is 6.08 Å². The number of hydrogen-bond acceptors (Lipinski definition) is 4. The van der Waals surface area contributed by atoms with E-state index in [2.05, 4.69) is 0 Å². The van der Waals surface area contributed by atoms with Crippen LogP contribution in [0.5, 0.6) is 0 Å². The number of benzene rings is 1. The Balaban J connectivity index is 3.29. The molecule has 0 spiro atoms. The average molecular weight is 220 g/mol. The van der Waals surface area contributed by atoms with Gasteiger partial charge in [0.2, 0.25) is 5.91 Å². The molecule has 1 aromatic rings. The lowest BCUT2D eigenvalue weighted by Gasteiger charge is -1.99. The van der Waals surface area contributed by atoms with Gasteiger partial charge >= 0.3 is 0 Å². The van der Waals surface area contributed by atoms with Crippen molar-refractivity contribution < 1.29 is 14.5 Å². The summed E-state index contributed by atoms with van der Waals surface area (Å²) in [4.78, 5) is 30.9. The number of nitrogens with two attached hydrogens (primary N) is 1. The number of nitro benzene ring substituents is 1. The zero-order valence-corrected chi connectivity index (χ0v) is 8.12. The predicted octanol–water partition coefficient (Wildman–Crippen LogP) is 0.906. The SMILES string of the molecule is NC(=O)c1cc(C=CC=O)cc([N+](=O)[O-])c1. The van der Waals surface area contributed by atoms with E-state index in [-0.39, 0.29) is 11.3 Å². The first-order chi connectivity index (χ1) is 7.54. The van der Waals surface area contributed by atoms with Crippen molar-refractivity contribution in [2.75, 3.05) is 0 Å². The first kappa shape index (κ1) is 11.6. The highest BCUT2D eigenvalue weighted by Crippen LogP contribution is 2.17. The van der Waals surface area contributed by atoms with Crippen LogP contribution in [0, 0.1) is 10.1 Å². The Bertz CT molecular complexity index is 447. The van der Waals surface area contributed by atoms with Crippen molar-refractivity contribution in [1.29, 1.82) is 0 Å². The van der Waals surface area contributed by atoms with Crippen molar-refractivity contribution in [2.24, 2.45) is 5.73 Å². The smallest absolute Gasteiger partial charge is 0.270 e. The third-order valence-corrected chi connectivity index (χ3v) is 1.80. The summed E-state index contributed by atoms with van der Waals surface area (Å²) in [5.41, 5.74) is 5.17. The molecule has 0 aliphatic heterocycles. The summed E-state index contributed by atoms with van der Waals surface area (Å²) in [6, 6.07) is 3.70. The van der Waals surface area contributed by atoms with Crippen molar-refractivity contribution in [3.63, 3.8) is 0 Å². The third kappa shape index (κ3) is 2.74. The Morgan fingerprint density at radius 2 is 2.06 bits per heavy atom. The standard InChI is InChI=1S/C10H8N2O4/c11-10(14)8-4-7(2-1-3-13)5-9(6-8)12(15)16/h1-6H,(H2,11,14). The number of non-ortho nitro benzene ring substituents is 1. The van der Waals surface area contributed by atoms with Crippen LogP contribution in [0.1, 0.15) is 15.9 Å². The molecule has 0 saturated carbocycles. The van der Waals surface area contributed by atoms with Crippen molar-refractivity contribution in [2.45, 2.75) is 0 Å². The molecule has 2 N–H and O–H groups in total. The van der Waals surface area contributed by atoms with Gasteiger partial charge in [0, 0.05) is 17.7 Å². The molecule has 16 heavy (non-hydrogen) atoms. The van der Waals surface area contributed by atoms with E-state index < -0.39 is 10.8 Å². The molecule has 0 saturated heterocycles. The summed E-state index contributed by atoms with van der Waals surface area (Å²) in [5.74, 6) is -0.760. The third-order valence-electron chi connectivity index (χ3n) is 1.80. The van der Waals surface area contributed by atoms with Crippen molar-refractivity contribution in [1.82, 2.24) is 0 Å². The molecule has 0 aliphatic carbocycles. The highest BCUT2D eigenvalue weighted by atomic mass is 16.6. The minimum atomic E-state index is -0.760. The van der Waals surface area contributed by atoms with Crippen LogP contribution in [-0.4, -0.2) is 17.1 Å². The first-order valence-electron chi connectivity index (χ1n) is 4.25. The van der Waals surface area contributed by atoms with E-state index in [4.69, 9.17) is 5.73 Å². The van der Waals surface area contributed by atoms with Crippen LogP contribution < -0.4 is 5.73 Å². The Morgan fingerprint density at radius 3 is 2.56 bits per heavy atom. The fourth-order valence-corrected chi connectivity index (χ4v) is 1.13. The van der Waals surface area contributed by atoms with E-state index in [1.165, 1.54) is 24.3 Å². The maximum Gasteiger partial charge on any atom is 0.270 e. The van der Waals surface area contributed by atoms with Crippen LogP contribution in [0.15, 0.2) is 24.3 Å². The Morgan fingerprint density at radius 1 is 1.38 bits per heavy atom. The molecule has 0 bridgehead atoms. The zero-order valence-electron chi connectivity index (χ0n) is 8.12. The second-order valence-electron chi connectivity index (χ2n) is 2.93.